The van der Waals surface area contributed by atoms with Crippen LogP contribution in [0.5, 0.6) is 0 Å². The highest BCUT2D eigenvalue weighted by atomic mass is 32.1. The van der Waals surface area contributed by atoms with Gasteiger partial charge in [-0.15, -0.1) is 11.3 Å². The molecule has 2 aromatic heterocycles. The lowest BCUT2D eigenvalue weighted by Gasteiger charge is -2.20. The summed E-state index contributed by atoms with van der Waals surface area (Å²) in [4.78, 5) is 5.65. The molecule has 0 amide bonds. The lowest BCUT2D eigenvalue weighted by molar-refractivity contribution is 0.413. The zero-order valence-corrected chi connectivity index (χ0v) is 11.4. The van der Waals surface area contributed by atoms with Crippen LogP contribution in [0.2, 0.25) is 0 Å². The first kappa shape index (κ1) is 12.3. The second kappa shape index (κ2) is 5.02. The molecule has 0 bridgehead atoms. The molecular weight excluding hydrogens is 230 g/mol. The maximum atomic E-state index is 4.42. The zero-order chi connectivity index (χ0) is 12.3. The Bertz CT molecular complexity index is 451. The van der Waals surface area contributed by atoms with Crippen LogP contribution < -0.4 is 5.32 Å². The fraction of sp³-hybridized carbons (Fsp3) is 0.462. The Labute approximate surface area is 107 Å². The van der Waals surface area contributed by atoms with E-state index in [9.17, 15) is 0 Å². The highest BCUT2D eigenvalue weighted by molar-refractivity contribution is 7.13. The average Bonchev–Trinajstić information content (AvgIpc) is 2.82. The molecular formula is C13H19N3S. The minimum Gasteiger partial charge on any atom is -0.329 e. The van der Waals surface area contributed by atoms with Crippen LogP contribution in [0.15, 0.2) is 29.9 Å². The molecule has 0 saturated carbocycles. The quantitative estimate of drug-likeness (QED) is 0.902. The fourth-order valence-corrected chi connectivity index (χ4v) is 2.41. The second-order valence-corrected chi connectivity index (χ2v) is 6.05. The van der Waals surface area contributed by atoms with Crippen LogP contribution in [0.3, 0.4) is 0 Å². The Morgan fingerprint density at radius 1 is 1.41 bits per heavy atom. The van der Waals surface area contributed by atoms with Gasteiger partial charge in [0.25, 0.3) is 0 Å². The van der Waals surface area contributed by atoms with Gasteiger partial charge in [0.15, 0.2) is 0 Å². The first-order valence-electron chi connectivity index (χ1n) is 5.86. The normalized spacial score (nSPS) is 11.9. The Kier molecular flexibility index (Phi) is 3.64. The van der Waals surface area contributed by atoms with Crippen molar-refractivity contribution in [1.29, 1.82) is 0 Å². The van der Waals surface area contributed by atoms with Crippen LogP contribution in [0.25, 0.3) is 10.7 Å². The van der Waals surface area contributed by atoms with Crippen LogP contribution >= 0.6 is 11.3 Å². The summed E-state index contributed by atoms with van der Waals surface area (Å²) in [7, 11) is 0. The topological polar surface area (TPSA) is 29.9 Å². The summed E-state index contributed by atoms with van der Waals surface area (Å²) < 4.78 is 2.20. The van der Waals surface area contributed by atoms with Crippen molar-refractivity contribution in [2.45, 2.75) is 32.9 Å². The first-order chi connectivity index (χ1) is 8.06. The van der Waals surface area contributed by atoms with Crippen molar-refractivity contribution in [3.63, 3.8) is 0 Å². The van der Waals surface area contributed by atoms with Gasteiger partial charge in [-0.25, -0.2) is 4.98 Å². The van der Waals surface area contributed by atoms with Gasteiger partial charge in [0.05, 0.1) is 4.88 Å². The first-order valence-corrected chi connectivity index (χ1v) is 6.74. The van der Waals surface area contributed by atoms with Crippen LogP contribution in [0.4, 0.5) is 0 Å². The monoisotopic (exact) mass is 249 g/mol. The van der Waals surface area contributed by atoms with Crippen molar-refractivity contribution in [3.8, 4) is 10.7 Å². The van der Waals surface area contributed by atoms with Crippen molar-refractivity contribution in [3.05, 3.63) is 29.9 Å². The molecule has 0 atom stereocenters. The van der Waals surface area contributed by atoms with E-state index in [1.807, 2.05) is 12.4 Å². The van der Waals surface area contributed by atoms with E-state index in [-0.39, 0.29) is 5.54 Å². The van der Waals surface area contributed by atoms with Gasteiger partial charge < -0.3 is 9.88 Å². The van der Waals surface area contributed by atoms with Gasteiger partial charge in [0, 0.05) is 31.0 Å². The molecule has 4 heteroatoms. The minimum absolute atomic E-state index is 0.170. The Morgan fingerprint density at radius 3 is 2.88 bits per heavy atom. The van der Waals surface area contributed by atoms with Crippen molar-refractivity contribution < 1.29 is 0 Å². The van der Waals surface area contributed by atoms with Crippen LogP contribution in [0, 0.1) is 0 Å². The molecule has 92 valence electrons. The third kappa shape index (κ3) is 3.41. The number of imidazole rings is 1. The van der Waals surface area contributed by atoms with Crippen LogP contribution in [-0.4, -0.2) is 21.6 Å². The van der Waals surface area contributed by atoms with E-state index in [0.29, 0.717) is 0 Å². The molecule has 2 rings (SSSR count). The molecule has 1 N–H and O–H groups in total. The molecule has 0 aliphatic rings. The highest BCUT2D eigenvalue weighted by Gasteiger charge is 2.10. The predicted molar refractivity (Wildman–Crippen MR) is 73.3 cm³/mol. The van der Waals surface area contributed by atoms with E-state index >= 15 is 0 Å². The largest absolute Gasteiger partial charge is 0.329 e. The van der Waals surface area contributed by atoms with Gasteiger partial charge in [-0.3, -0.25) is 0 Å². The van der Waals surface area contributed by atoms with E-state index in [4.69, 9.17) is 0 Å². The number of aromatic nitrogens is 2. The van der Waals surface area contributed by atoms with E-state index in [0.717, 1.165) is 18.9 Å². The fourth-order valence-electron chi connectivity index (χ4n) is 1.67. The second-order valence-electron chi connectivity index (χ2n) is 5.10. The summed E-state index contributed by atoms with van der Waals surface area (Å²) in [5.41, 5.74) is 0.170. The Balaban J connectivity index is 2.01. The average molecular weight is 249 g/mol. The number of hydrogen-bond acceptors (Lipinski definition) is 3. The number of hydrogen-bond donors (Lipinski definition) is 1. The molecule has 0 radical (unpaired) electrons. The molecule has 0 saturated heterocycles. The lowest BCUT2D eigenvalue weighted by Crippen LogP contribution is -2.37. The van der Waals surface area contributed by atoms with Gasteiger partial charge in [-0.2, -0.15) is 0 Å². The number of nitrogens with zero attached hydrogens (tertiary/aromatic N) is 2. The molecule has 0 aromatic carbocycles. The van der Waals surface area contributed by atoms with E-state index in [2.05, 4.69) is 53.2 Å². The summed E-state index contributed by atoms with van der Waals surface area (Å²) >= 11 is 1.73. The van der Waals surface area contributed by atoms with Gasteiger partial charge >= 0.3 is 0 Å². The summed E-state index contributed by atoms with van der Waals surface area (Å²) in [6, 6.07) is 4.17. The maximum absolute atomic E-state index is 4.42. The SMILES string of the molecule is CC(C)(C)NCCn1ccnc1-c1cccs1. The molecule has 0 aliphatic heterocycles. The number of thiophene rings is 1. The molecule has 2 heterocycles. The van der Waals surface area contributed by atoms with Crippen molar-refractivity contribution in [2.75, 3.05) is 6.54 Å². The molecule has 3 nitrogen and oxygen atoms in total. The van der Waals surface area contributed by atoms with Crippen LogP contribution in [-0.2, 0) is 6.54 Å². The van der Waals surface area contributed by atoms with Gasteiger partial charge in [0.2, 0.25) is 0 Å². The van der Waals surface area contributed by atoms with E-state index in [1.165, 1.54) is 4.88 Å². The third-order valence-electron chi connectivity index (χ3n) is 2.47. The number of rotatable bonds is 4. The summed E-state index contributed by atoms with van der Waals surface area (Å²) in [5, 5.41) is 5.57. The maximum Gasteiger partial charge on any atom is 0.150 e. The van der Waals surface area contributed by atoms with Crippen molar-refractivity contribution >= 4 is 11.3 Å². The number of nitrogens with one attached hydrogen (secondary N) is 1. The zero-order valence-electron chi connectivity index (χ0n) is 10.6. The Hall–Kier alpha value is -1.13. The standard InChI is InChI=1S/C13H19N3S/c1-13(2,3)15-7-9-16-8-6-14-12(16)11-5-4-10-17-11/h4-6,8,10,15H,7,9H2,1-3H3. The molecule has 0 fully saturated rings. The summed E-state index contributed by atoms with van der Waals surface area (Å²) in [6.45, 7) is 8.45. The molecule has 0 spiro atoms. The predicted octanol–water partition coefficient (Wildman–Crippen LogP) is 3.00. The van der Waals surface area contributed by atoms with Gasteiger partial charge in [-0.1, -0.05) is 6.07 Å². The minimum atomic E-state index is 0.170. The van der Waals surface area contributed by atoms with E-state index < -0.39 is 0 Å². The smallest absolute Gasteiger partial charge is 0.150 e. The van der Waals surface area contributed by atoms with Gasteiger partial charge in [-0.05, 0) is 32.2 Å². The van der Waals surface area contributed by atoms with Gasteiger partial charge in [0.1, 0.15) is 5.82 Å². The Morgan fingerprint density at radius 2 is 2.24 bits per heavy atom. The molecule has 17 heavy (non-hydrogen) atoms. The molecule has 0 unspecified atom stereocenters. The van der Waals surface area contributed by atoms with Crippen molar-refractivity contribution in [2.24, 2.45) is 0 Å². The summed E-state index contributed by atoms with van der Waals surface area (Å²) in [5.74, 6) is 1.07. The highest BCUT2D eigenvalue weighted by Crippen LogP contribution is 2.22. The van der Waals surface area contributed by atoms with Crippen molar-refractivity contribution in [1.82, 2.24) is 14.9 Å². The van der Waals surface area contributed by atoms with E-state index in [1.54, 1.807) is 11.3 Å². The third-order valence-corrected chi connectivity index (χ3v) is 3.33. The summed E-state index contributed by atoms with van der Waals surface area (Å²) in [6.07, 6.45) is 3.91. The van der Waals surface area contributed by atoms with Crippen LogP contribution in [0.1, 0.15) is 20.8 Å². The molecule has 2 aromatic rings. The molecule has 0 aliphatic carbocycles. The lowest BCUT2D eigenvalue weighted by atomic mass is 10.1.